The van der Waals surface area contributed by atoms with Crippen molar-refractivity contribution < 1.29 is 19.4 Å². The number of rotatable bonds is 3. The normalized spacial score (nSPS) is 37.4. The molecular formula is C15H18O4. The van der Waals surface area contributed by atoms with Gasteiger partial charge in [0.1, 0.15) is 6.10 Å². The number of hydrogen-bond acceptors (Lipinski definition) is 3. The molecule has 2 aliphatic rings. The Bertz CT molecular complexity index is 490. The highest BCUT2D eigenvalue weighted by molar-refractivity contribution is 5.92. The van der Waals surface area contributed by atoms with E-state index in [0.717, 1.165) is 12.8 Å². The average Bonchev–Trinajstić information content (AvgIpc) is 2.64. The highest BCUT2D eigenvalue weighted by Gasteiger charge is 2.54. The molecule has 2 fully saturated rings. The van der Waals surface area contributed by atoms with Crippen LogP contribution >= 0.6 is 0 Å². The maximum Gasteiger partial charge on any atom is 0.334 e. The van der Waals surface area contributed by atoms with Crippen molar-refractivity contribution in [3.05, 3.63) is 37.0 Å². The van der Waals surface area contributed by atoms with Crippen LogP contribution in [0.25, 0.3) is 0 Å². The third-order valence-corrected chi connectivity index (χ3v) is 4.50. The lowest BCUT2D eigenvalue weighted by atomic mass is 9.60. The van der Waals surface area contributed by atoms with Crippen molar-refractivity contribution in [1.82, 2.24) is 0 Å². The third kappa shape index (κ3) is 1.91. The second kappa shape index (κ2) is 4.37. The number of carbonyl (C=O) groups is 2. The molecule has 1 saturated carbocycles. The van der Waals surface area contributed by atoms with E-state index in [-0.39, 0.29) is 11.5 Å². The Labute approximate surface area is 112 Å². The third-order valence-electron chi connectivity index (χ3n) is 4.50. The number of hydrogen-bond donors (Lipinski definition) is 1. The molecule has 0 amide bonds. The Kier molecular flexibility index (Phi) is 3.12. The van der Waals surface area contributed by atoms with E-state index in [1.807, 2.05) is 6.92 Å². The lowest BCUT2D eigenvalue weighted by Gasteiger charge is -2.44. The summed E-state index contributed by atoms with van der Waals surface area (Å²) in [4.78, 5) is 22.9. The van der Waals surface area contributed by atoms with Gasteiger partial charge in [0, 0.05) is 23.0 Å². The lowest BCUT2D eigenvalue weighted by molar-refractivity contribution is -0.146. The number of aliphatic carboxylic acids is 1. The first-order valence-corrected chi connectivity index (χ1v) is 6.27. The average molecular weight is 262 g/mol. The minimum atomic E-state index is -1.06. The van der Waals surface area contributed by atoms with Gasteiger partial charge in [0.25, 0.3) is 0 Å². The van der Waals surface area contributed by atoms with Gasteiger partial charge in [0.2, 0.25) is 0 Å². The molecule has 1 N–H and O–H groups in total. The predicted molar refractivity (Wildman–Crippen MR) is 70.3 cm³/mol. The number of ether oxygens (including phenoxy) is 1. The molecule has 0 bridgehead atoms. The van der Waals surface area contributed by atoms with E-state index in [4.69, 9.17) is 4.74 Å². The molecule has 0 aromatic carbocycles. The summed E-state index contributed by atoms with van der Waals surface area (Å²) < 4.78 is 5.35. The lowest BCUT2D eigenvalue weighted by Crippen LogP contribution is -2.45. The Balaban J connectivity index is 2.44. The van der Waals surface area contributed by atoms with Crippen molar-refractivity contribution in [3.8, 4) is 0 Å². The Morgan fingerprint density at radius 3 is 2.74 bits per heavy atom. The van der Waals surface area contributed by atoms with Crippen molar-refractivity contribution >= 4 is 11.9 Å². The number of esters is 1. The van der Waals surface area contributed by atoms with Crippen LogP contribution in [0.4, 0.5) is 0 Å². The van der Waals surface area contributed by atoms with Crippen molar-refractivity contribution in [2.45, 2.75) is 25.9 Å². The number of fused-ring (bicyclic) bond motifs is 1. The number of allylic oxidation sites excluding steroid dienone is 1. The molecule has 1 saturated heterocycles. The molecule has 19 heavy (non-hydrogen) atoms. The molecule has 1 aliphatic carbocycles. The van der Waals surface area contributed by atoms with Gasteiger partial charge in [-0.15, -0.1) is 6.58 Å². The summed E-state index contributed by atoms with van der Waals surface area (Å²) in [6.07, 6.45) is 2.75. The zero-order valence-electron chi connectivity index (χ0n) is 11.0. The molecule has 0 spiro atoms. The highest BCUT2D eigenvalue weighted by Crippen LogP contribution is 2.52. The summed E-state index contributed by atoms with van der Waals surface area (Å²) in [6.45, 7) is 13.2. The van der Waals surface area contributed by atoms with E-state index in [1.165, 1.54) is 0 Å². The zero-order chi connectivity index (χ0) is 14.4. The van der Waals surface area contributed by atoms with Crippen LogP contribution in [0.3, 0.4) is 0 Å². The number of carboxylic acids is 1. The van der Waals surface area contributed by atoms with Crippen LogP contribution in [0.2, 0.25) is 0 Å². The van der Waals surface area contributed by atoms with Crippen molar-refractivity contribution in [1.29, 1.82) is 0 Å². The highest BCUT2D eigenvalue weighted by atomic mass is 16.6. The minimum Gasteiger partial charge on any atom is -0.478 e. The molecule has 4 heteroatoms. The summed E-state index contributed by atoms with van der Waals surface area (Å²) in [5.74, 6) is -2.05. The van der Waals surface area contributed by atoms with E-state index in [0.29, 0.717) is 5.57 Å². The topological polar surface area (TPSA) is 63.6 Å². The molecule has 0 aromatic rings. The second-order valence-electron chi connectivity index (χ2n) is 5.56. The molecule has 4 nitrogen and oxygen atoms in total. The maximum absolute atomic E-state index is 11.7. The van der Waals surface area contributed by atoms with Crippen LogP contribution in [0.1, 0.15) is 19.8 Å². The fourth-order valence-corrected chi connectivity index (χ4v) is 3.23. The quantitative estimate of drug-likeness (QED) is 0.481. The molecular weight excluding hydrogens is 244 g/mol. The summed E-state index contributed by atoms with van der Waals surface area (Å²) in [5, 5.41) is 9.22. The summed E-state index contributed by atoms with van der Waals surface area (Å²) in [6, 6.07) is 0. The van der Waals surface area contributed by atoms with Crippen molar-refractivity contribution in [3.63, 3.8) is 0 Å². The largest absolute Gasteiger partial charge is 0.478 e. The minimum absolute atomic E-state index is 0.0691. The maximum atomic E-state index is 11.7. The van der Waals surface area contributed by atoms with E-state index in [2.05, 4.69) is 19.7 Å². The molecule has 1 heterocycles. The van der Waals surface area contributed by atoms with Gasteiger partial charge in [-0.2, -0.15) is 0 Å². The van der Waals surface area contributed by atoms with Crippen LogP contribution in [0.15, 0.2) is 37.0 Å². The smallest absolute Gasteiger partial charge is 0.334 e. The van der Waals surface area contributed by atoms with E-state index >= 15 is 0 Å². The Hall–Kier alpha value is -1.84. The molecule has 4 unspecified atom stereocenters. The standard InChI is InChI=1S/C15H18O4/c1-5-15(4)7-6-10-8(2)14(18)19-12(10)11(15)9(3)13(16)17/h5,10-12H,1-3,6-7H2,4H3,(H,16,17). The van der Waals surface area contributed by atoms with Crippen LogP contribution in [0, 0.1) is 17.3 Å². The number of carboxylic acid groups (broad SMARTS) is 1. The summed E-state index contributed by atoms with van der Waals surface area (Å²) >= 11 is 0. The first-order valence-electron chi connectivity index (χ1n) is 6.27. The van der Waals surface area contributed by atoms with Crippen LogP contribution in [0.5, 0.6) is 0 Å². The molecule has 2 rings (SSSR count). The van der Waals surface area contributed by atoms with E-state index in [9.17, 15) is 14.7 Å². The van der Waals surface area contributed by atoms with Gasteiger partial charge in [0.05, 0.1) is 0 Å². The van der Waals surface area contributed by atoms with Crippen LogP contribution < -0.4 is 0 Å². The van der Waals surface area contributed by atoms with Gasteiger partial charge in [0.15, 0.2) is 0 Å². The molecule has 0 radical (unpaired) electrons. The SMILES string of the molecule is C=CC1(C)CCC2C(=C)C(=O)OC2C1C(=C)C(=O)O. The molecule has 1 aliphatic heterocycles. The van der Waals surface area contributed by atoms with Gasteiger partial charge in [-0.25, -0.2) is 9.59 Å². The monoisotopic (exact) mass is 262 g/mol. The Morgan fingerprint density at radius 2 is 2.21 bits per heavy atom. The predicted octanol–water partition coefficient (Wildman–Crippen LogP) is 2.33. The number of carbonyl (C=O) groups excluding carboxylic acids is 1. The summed E-state index contributed by atoms with van der Waals surface area (Å²) in [5.41, 5.74) is 0.0838. The van der Waals surface area contributed by atoms with E-state index in [1.54, 1.807) is 6.08 Å². The first kappa shape index (κ1) is 13.6. The van der Waals surface area contributed by atoms with Gasteiger partial charge in [-0.1, -0.05) is 26.2 Å². The Morgan fingerprint density at radius 1 is 1.58 bits per heavy atom. The second-order valence-corrected chi connectivity index (χ2v) is 5.56. The molecule has 102 valence electrons. The fourth-order valence-electron chi connectivity index (χ4n) is 3.23. The zero-order valence-corrected chi connectivity index (χ0v) is 11.0. The van der Waals surface area contributed by atoms with Gasteiger partial charge in [-0.3, -0.25) is 0 Å². The van der Waals surface area contributed by atoms with Crippen LogP contribution in [-0.2, 0) is 14.3 Å². The van der Waals surface area contributed by atoms with Gasteiger partial charge in [-0.05, 0) is 18.3 Å². The molecule has 4 atom stereocenters. The van der Waals surface area contributed by atoms with E-state index < -0.39 is 29.4 Å². The first-order chi connectivity index (χ1) is 8.81. The fraction of sp³-hybridized carbons (Fsp3) is 0.467. The summed E-state index contributed by atoms with van der Waals surface area (Å²) in [7, 11) is 0. The molecule has 0 aromatic heterocycles. The van der Waals surface area contributed by atoms with Crippen molar-refractivity contribution in [2.75, 3.05) is 0 Å². The van der Waals surface area contributed by atoms with Crippen LogP contribution in [-0.4, -0.2) is 23.1 Å². The van der Waals surface area contributed by atoms with Gasteiger partial charge >= 0.3 is 11.9 Å². The van der Waals surface area contributed by atoms with Crippen molar-refractivity contribution in [2.24, 2.45) is 17.3 Å². The van der Waals surface area contributed by atoms with Gasteiger partial charge < -0.3 is 9.84 Å².